The van der Waals surface area contributed by atoms with Crippen molar-refractivity contribution in [2.45, 2.75) is 19.6 Å². The molecule has 1 aromatic rings. The Morgan fingerprint density at radius 1 is 1.67 bits per heavy atom. The third-order valence-electron chi connectivity index (χ3n) is 2.38. The number of hydrogen-bond acceptors (Lipinski definition) is 4. The summed E-state index contributed by atoms with van der Waals surface area (Å²) in [7, 11) is 0. The Morgan fingerprint density at radius 2 is 2.53 bits per heavy atom. The standard InChI is InChI=1S/C10H15N3O2/c1-8-2-3-10(14)13(12-8)7-9-6-11-4-5-15-9/h2-3,9,11H,4-7H2,1H3. The molecule has 1 fully saturated rings. The van der Waals surface area contributed by atoms with Crippen LogP contribution in [0, 0.1) is 6.92 Å². The van der Waals surface area contributed by atoms with Crippen molar-refractivity contribution in [3.05, 3.63) is 28.2 Å². The van der Waals surface area contributed by atoms with Crippen molar-refractivity contribution in [2.75, 3.05) is 19.7 Å². The summed E-state index contributed by atoms with van der Waals surface area (Å²) in [6.07, 6.45) is 0.0470. The Balaban J connectivity index is 2.09. The lowest BCUT2D eigenvalue weighted by molar-refractivity contribution is 0.0152. The predicted molar refractivity (Wildman–Crippen MR) is 55.8 cm³/mol. The monoisotopic (exact) mass is 209 g/mol. The van der Waals surface area contributed by atoms with Gasteiger partial charge in [0.25, 0.3) is 5.56 Å². The number of morpholine rings is 1. The van der Waals surface area contributed by atoms with Crippen molar-refractivity contribution in [3.63, 3.8) is 0 Å². The molecule has 0 bridgehead atoms. The van der Waals surface area contributed by atoms with Crippen molar-refractivity contribution in [2.24, 2.45) is 0 Å². The molecule has 0 aromatic carbocycles. The first kappa shape index (κ1) is 10.3. The Kier molecular flexibility index (Phi) is 3.13. The molecule has 1 N–H and O–H groups in total. The summed E-state index contributed by atoms with van der Waals surface area (Å²) in [4.78, 5) is 11.5. The van der Waals surface area contributed by atoms with E-state index in [2.05, 4.69) is 10.4 Å². The maximum atomic E-state index is 11.5. The van der Waals surface area contributed by atoms with E-state index in [0.29, 0.717) is 13.2 Å². The van der Waals surface area contributed by atoms with Gasteiger partial charge in [-0.3, -0.25) is 4.79 Å². The third kappa shape index (κ3) is 2.64. The number of ether oxygens (including phenoxy) is 1. The van der Waals surface area contributed by atoms with Gasteiger partial charge in [0.15, 0.2) is 0 Å². The molecule has 1 aliphatic rings. The van der Waals surface area contributed by atoms with Crippen molar-refractivity contribution in [1.82, 2.24) is 15.1 Å². The Labute approximate surface area is 88.1 Å². The van der Waals surface area contributed by atoms with Crippen LogP contribution < -0.4 is 10.9 Å². The molecule has 82 valence electrons. The van der Waals surface area contributed by atoms with Crippen molar-refractivity contribution in [3.8, 4) is 0 Å². The molecular formula is C10H15N3O2. The van der Waals surface area contributed by atoms with E-state index >= 15 is 0 Å². The quantitative estimate of drug-likeness (QED) is 0.716. The molecule has 1 aliphatic heterocycles. The predicted octanol–water partition coefficient (Wildman–Crippen LogP) is -0.460. The van der Waals surface area contributed by atoms with E-state index in [1.165, 1.54) is 4.68 Å². The van der Waals surface area contributed by atoms with E-state index < -0.39 is 0 Å². The van der Waals surface area contributed by atoms with Gasteiger partial charge in [-0.1, -0.05) is 0 Å². The van der Waals surface area contributed by atoms with Crippen LogP contribution in [0.5, 0.6) is 0 Å². The van der Waals surface area contributed by atoms with Gasteiger partial charge in [0.05, 0.1) is 24.9 Å². The molecule has 1 aromatic heterocycles. The van der Waals surface area contributed by atoms with E-state index in [4.69, 9.17) is 4.74 Å². The van der Waals surface area contributed by atoms with E-state index in [0.717, 1.165) is 18.8 Å². The molecule has 0 amide bonds. The number of rotatable bonds is 2. The Hall–Kier alpha value is -1.20. The average Bonchev–Trinajstić information content (AvgIpc) is 2.25. The lowest BCUT2D eigenvalue weighted by Gasteiger charge is -2.23. The van der Waals surface area contributed by atoms with Gasteiger partial charge in [-0.15, -0.1) is 0 Å². The summed E-state index contributed by atoms with van der Waals surface area (Å²) < 4.78 is 6.98. The third-order valence-corrected chi connectivity index (χ3v) is 2.38. The number of hydrogen-bond donors (Lipinski definition) is 1. The number of nitrogens with zero attached hydrogens (tertiary/aromatic N) is 2. The van der Waals surface area contributed by atoms with Gasteiger partial charge in [-0.2, -0.15) is 5.10 Å². The van der Waals surface area contributed by atoms with Crippen LogP contribution in [0.1, 0.15) is 5.69 Å². The second-order valence-corrected chi connectivity index (χ2v) is 3.69. The molecule has 1 unspecified atom stereocenters. The van der Waals surface area contributed by atoms with Crippen LogP contribution in [0.25, 0.3) is 0 Å². The molecule has 2 heterocycles. The minimum Gasteiger partial charge on any atom is -0.374 e. The van der Waals surface area contributed by atoms with E-state index in [1.807, 2.05) is 6.92 Å². The zero-order valence-corrected chi connectivity index (χ0v) is 8.77. The summed E-state index contributed by atoms with van der Waals surface area (Å²) in [5.41, 5.74) is 0.771. The van der Waals surface area contributed by atoms with Crippen LogP contribution in [0.2, 0.25) is 0 Å². The van der Waals surface area contributed by atoms with Crippen LogP contribution in [0.15, 0.2) is 16.9 Å². The largest absolute Gasteiger partial charge is 0.374 e. The highest BCUT2D eigenvalue weighted by Gasteiger charge is 2.14. The van der Waals surface area contributed by atoms with Gasteiger partial charge in [0, 0.05) is 19.2 Å². The molecule has 0 spiro atoms. The van der Waals surface area contributed by atoms with E-state index in [9.17, 15) is 4.79 Å². The minimum absolute atomic E-state index is 0.0470. The fourth-order valence-corrected chi connectivity index (χ4v) is 1.61. The van der Waals surface area contributed by atoms with Crippen molar-refractivity contribution in [1.29, 1.82) is 0 Å². The number of aromatic nitrogens is 2. The second-order valence-electron chi connectivity index (χ2n) is 3.69. The second kappa shape index (κ2) is 4.55. The first-order chi connectivity index (χ1) is 7.25. The molecule has 0 saturated carbocycles. The summed E-state index contributed by atoms with van der Waals surface area (Å²) in [6.45, 7) is 4.75. The molecule has 0 radical (unpaired) electrons. The van der Waals surface area contributed by atoms with Gasteiger partial charge in [0.1, 0.15) is 0 Å². The molecule has 1 atom stereocenters. The molecule has 0 aliphatic carbocycles. The molecule has 5 nitrogen and oxygen atoms in total. The fraction of sp³-hybridized carbons (Fsp3) is 0.600. The van der Waals surface area contributed by atoms with Crippen LogP contribution in [-0.4, -0.2) is 35.6 Å². The smallest absolute Gasteiger partial charge is 0.266 e. The highest BCUT2D eigenvalue weighted by atomic mass is 16.5. The van der Waals surface area contributed by atoms with Crippen molar-refractivity contribution < 1.29 is 4.74 Å². The van der Waals surface area contributed by atoms with Gasteiger partial charge >= 0.3 is 0 Å². The summed E-state index contributed by atoms with van der Waals surface area (Å²) in [5, 5.41) is 7.38. The van der Waals surface area contributed by atoms with Gasteiger partial charge in [-0.05, 0) is 13.0 Å². The summed E-state index contributed by atoms with van der Waals surface area (Å²) >= 11 is 0. The SMILES string of the molecule is Cc1ccc(=O)n(CC2CNCCO2)n1. The van der Waals surface area contributed by atoms with E-state index in [1.54, 1.807) is 12.1 Å². The van der Waals surface area contributed by atoms with Crippen LogP contribution in [0.3, 0.4) is 0 Å². The number of nitrogens with one attached hydrogen (secondary N) is 1. The molecular weight excluding hydrogens is 194 g/mol. The lowest BCUT2D eigenvalue weighted by atomic mass is 10.3. The lowest BCUT2D eigenvalue weighted by Crippen LogP contribution is -2.42. The maximum Gasteiger partial charge on any atom is 0.266 e. The van der Waals surface area contributed by atoms with Crippen LogP contribution >= 0.6 is 0 Å². The maximum absolute atomic E-state index is 11.5. The van der Waals surface area contributed by atoms with Crippen molar-refractivity contribution >= 4 is 0 Å². The Morgan fingerprint density at radius 3 is 3.27 bits per heavy atom. The Bertz CT molecular complexity index is 382. The first-order valence-electron chi connectivity index (χ1n) is 5.13. The number of aryl methyl sites for hydroxylation is 1. The zero-order chi connectivity index (χ0) is 10.7. The first-order valence-corrected chi connectivity index (χ1v) is 5.13. The van der Waals surface area contributed by atoms with Gasteiger partial charge in [0.2, 0.25) is 0 Å². The van der Waals surface area contributed by atoms with Crippen LogP contribution in [0.4, 0.5) is 0 Å². The molecule has 5 heteroatoms. The van der Waals surface area contributed by atoms with E-state index in [-0.39, 0.29) is 11.7 Å². The molecule has 15 heavy (non-hydrogen) atoms. The van der Waals surface area contributed by atoms with Gasteiger partial charge < -0.3 is 10.1 Å². The highest BCUT2D eigenvalue weighted by molar-refractivity contribution is 4.97. The summed E-state index contributed by atoms with van der Waals surface area (Å²) in [6, 6.07) is 3.26. The average molecular weight is 209 g/mol. The highest BCUT2D eigenvalue weighted by Crippen LogP contribution is 1.98. The summed E-state index contributed by atoms with van der Waals surface area (Å²) in [5.74, 6) is 0. The minimum atomic E-state index is -0.0743. The zero-order valence-electron chi connectivity index (χ0n) is 8.77. The topological polar surface area (TPSA) is 56.2 Å². The van der Waals surface area contributed by atoms with Crippen LogP contribution in [-0.2, 0) is 11.3 Å². The fourth-order valence-electron chi connectivity index (χ4n) is 1.61. The molecule has 1 saturated heterocycles. The molecule has 2 rings (SSSR count). The normalized spacial score (nSPS) is 21.5. The van der Waals surface area contributed by atoms with Gasteiger partial charge in [-0.25, -0.2) is 4.68 Å².